The summed E-state index contributed by atoms with van der Waals surface area (Å²) in [6, 6.07) is -0.384. The zero-order valence-electron chi connectivity index (χ0n) is 10.6. The molecule has 1 fully saturated rings. The smallest absolute Gasteiger partial charge is 0.236 e. The molecule has 0 bridgehead atoms. The first-order chi connectivity index (χ1) is 6.91. The van der Waals surface area contributed by atoms with Gasteiger partial charge in [0.1, 0.15) is 0 Å². The van der Waals surface area contributed by atoms with Crippen LogP contribution in [0.3, 0.4) is 0 Å². The zero-order chi connectivity index (χ0) is 11.5. The van der Waals surface area contributed by atoms with Crippen molar-refractivity contribution in [3.63, 3.8) is 0 Å². The fraction of sp³-hybridized carbons (Fsp3) is 0.917. The van der Waals surface area contributed by atoms with E-state index in [9.17, 15) is 4.79 Å². The van der Waals surface area contributed by atoms with E-state index in [1.165, 1.54) is 25.7 Å². The van der Waals surface area contributed by atoms with Crippen molar-refractivity contribution in [3.05, 3.63) is 0 Å². The van der Waals surface area contributed by atoms with Gasteiger partial charge >= 0.3 is 0 Å². The Bertz CT molecular complexity index is 219. The molecule has 96 valence electrons. The fourth-order valence-corrected chi connectivity index (χ4v) is 2.07. The number of hydrogen-bond donors (Lipinski definition) is 2. The number of nitrogens with two attached hydrogens (primary N) is 1. The minimum atomic E-state index is -0.384. The maximum atomic E-state index is 11.3. The molecule has 0 unspecified atom stereocenters. The highest BCUT2D eigenvalue weighted by atomic mass is 35.5. The highest BCUT2D eigenvalue weighted by Crippen LogP contribution is 2.37. The zero-order valence-corrected chi connectivity index (χ0v) is 11.4. The molecule has 3 nitrogen and oxygen atoms in total. The molecule has 1 amide bonds. The monoisotopic (exact) mass is 248 g/mol. The Balaban J connectivity index is 0.00000225. The summed E-state index contributed by atoms with van der Waals surface area (Å²) in [6.07, 6.45) is 5.00. The Morgan fingerprint density at radius 3 is 2.38 bits per heavy atom. The molecule has 0 aliphatic heterocycles. The predicted molar refractivity (Wildman–Crippen MR) is 69.6 cm³/mol. The highest BCUT2D eigenvalue weighted by molar-refractivity contribution is 5.85. The lowest BCUT2D eigenvalue weighted by molar-refractivity contribution is -0.122. The van der Waals surface area contributed by atoms with Crippen LogP contribution >= 0.6 is 12.4 Å². The molecule has 16 heavy (non-hydrogen) atoms. The van der Waals surface area contributed by atoms with Crippen LogP contribution in [0.15, 0.2) is 0 Å². The van der Waals surface area contributed by atoms with Crippen LogP contribution in [0.4, 0.5) is 0 Å². The summed E-state index contributed by atoms with van der Waals surface area (Å²) in [4.78, 5) is 11.3. The molecule has 0 spiro atoms. The quantitative estimate of drug-likeness (QED) is 0.804. The van der Waals surface area contributed by atoms with Crippen LogP contribution in [0.2, 0.25) is 0 Å². The molecule has 0 aromatic rings. The summed E-state index contributed by atoms with van der Waals surface area (Å²) < 4.78 is 0. The molecule has 4 heteroatoms. The van der Waals surface area contributed by atoms with Crippen LogP contribution in [-0.2, 0) is 4.79 Å². The van der Waals surface area contributed by atoms with Crippen LogP contribution in [0.25, 0.3) is 0 Å². The molecule has 0 heterocycles. The molecule has 0 saturated heterocycles. The number of carbonyl (C=O) groups is 1. The third-order valence-electron chi connectivity index (χ3n) is 3.44. The second-order valence-corrected chi connectivity index (χ2v) is 5.64. The van der Waals surface area contributed by atoms with Gasteiger partial charge in [0.05, 0.1) is 6.04 Å². The minimum Gasteiger partial charge on any atom is -0.354 e. The molecule has 1 rings (SSSR count). The SMILES string of the molecule is C[C@H](N)C(=O)NCC1CCC(C)(C)CC1.Cl. The Morgan fingerprint density at radius 2 is 1.94 bits per heavy atom. The van der Waals surface area contributed by atoms with E-state index in [1.807, 2.05) is 0 Å². The average molecular weight is 249 g/mol. The number of halogens is 1. The van der Waals surface area contributed by atoms with Crippen molar-refractivity contribution in [2.75, 3.05) is 6.54 Å². The van der Waals surface area contributed by atoms with Crippen molar-refractivity contribution in [2.24, 2.45) is 17.1 Å². The summed E-state index contributed by atoms with van der Waals surface area (Å²) in [5.74, 6) is 0.626. The first-order valence-electron chi connectivity index (χ1n) is 5.94. The molecule has 3 N–H and O–H groups in total. The Kier molecular flexibility index (Phi) is 6.34. The van der Waals surface area contributed by atoms with Crippen LogP contribution in [-0.4, -0.2) is 18.5 Å². The van der Waals surface area contributed by atoms with Gasteiger partial charge in [-0.25, -0.2) is 0 Å². The van der Waals surface area contributed by atoms with Gasteiger partial charge in [-0.2, -0.15) is 0 Å². The van der Waals surface area contributed by atoms with E-state index in [0.29, 0.717) is 11.3 Å². The molecule has 1 aliphatic rings. The van der Waals surface area contributed by atoms with E-state index in [1.54, 1.807) is 6.92 Å². The molecule has 1 saturated carbocycles. The number of nitrogens with one attached hydrogen (secondary N) is 1. The lowest BCUT2D eigenvalue weighted by atomic mass is 9.73. The van der Waals surface area contributed by atoms with Gasteiger partial charge in [-0.05, 0) is 43.9 Å². The van der Waals surface area contributed by atoms with Crippen LogP contribution in [0.5, 0.6) is 0 Å². The van der Waals surface area contributed by atoms with E-state index in [4.69, 9.17) is 5.73 Å². The molecule has 1 aliphatic carbocycles. The highest BCUT2D eigenvalue weighted by Gasteiger charge is 2.26. The van der Waals surface area contributed by atoms with Gasteiger partial charge in [0.25, 0.3) is 0 Å². The van der Waals surface area contributed by atoms with Gasteiger partial charge in [-0.3, -0.25) is 4.79 Å². The van der Waals surface area contributed by atoms with Crippen LogP contribution in [0, 0.1) is 11.3 Å². The maximum absolute atomic E-state index is 11.3. The molecule has 0 aromatic heterocycles. The Morgan fingerprint density at radius 1 is 1.44 bits per heavy atom. The first-order valence-corrected chi connectivity index (χ1v) is 5.94. The van der Waals surface area contributed by atoms with Gasteiger partial charge in [-0.15, -0.1) is 12.4 Å². The van der Waals surface area contributed by atoms with Crippen molar-refractivity contribution < 1.29 is 4.79 Å². The van der Waals surface area contributed by atoms with E-state index >= 15 is 0 Å². The third-order valence-corrected chi connectivity index (χ3v) is 3.44. The Hall–Kier alpha value is -0.280. The standard InChI is InChI=1S/C12H24N2O.ClH/c1-9(13)11(15)14-8-10-4-6-12(2,3)7-5-10;/h9-10H,4-8,13H2,1-3H3,(H,14,15);1H/t9-;/m0./s1. The summed E-state index contributed by atoms with van der Waals surface area (Å²) in [5, 5.41) is 2.92. The van der Waals surface area contributed by atoms with Gasteiger partial charge in [-0.1, -0.05) is 13.8 Å². The molecular formula is C12H25ClN2O. The van der Waals surface area contributed by atoms with E-state index in [-0.39, 0.29) is 24.4 Å². The molecule has 0 aromatic carbocycles. The lowest BCUT2D eigenvalue weighted by Crippen LogP contribution is -2.41. The minimum absolute atomic E-state index is 0. The third kappa shape index (κ3) is 5.17. The van der Waals surface area contributed by atoms with Crippen molar-refractivity contribution in [1.82, 2.24) is 5.32 Å². The predicted octanol–water partition coefficient (Wildman–Crippen LogP) is 2.09. The topological polar surface area (TPSA) is 55.1 Å². The molecule has 1 atom stereocenters. The normalized spacial score (nSPS) is 22.0. The fourth-order valence-electron chi connectivity index (χ4n) is 2.07. The number of hydrogen-bond acceptors (Lipinski definition) is 2. The number of carbonyl (C=O) groups excluding carboxylic acids is 1. The second-order valence-electron chi connectivity index (χ2n) is 5.64. The van der Waals surface area contributed by atoms with Crippen LogP contribution < -0.4 is 11.1 Å². The average Bonchev–Trinajstić information content (AvgIpc) is 2.15. The van der Waals surface area contributed by atoms with Crippen molar-refractivity contribution >= 4 is 18.3 Å². The number of rotatable bonds is 3. The second kappa shape index (κ2) is 6.45. The van der Waals surface area contributed by atoms with E-state index in [0.717, 1.165) is 6.54 Å². The lowest BCUT2D eigenvalue weighted by Gasteiger charge is -2.34. The van der Waals surface area contributed by atoms with Gasteiger partial charge in [0.2, 0.25) is 5.91 Å². The Labute approximate surface area is 105 Å². The van der Waals surface area contributed by atoms with Crippen molar-refractivity contribution in [3.8, 4) is 0 Å². The largest absolute Gasteiger partial charge is 0.354 e. The summed E-state index contributed by atoms with van der Waals surface area (Å²) in [5.41, 5.74) is 5.98. The number of amides is 1. The summed E-state index contributed by atoms with van der Waals surface area (Å²) in [6.45, 7) is 7.17. The van der Waals surface area contributed by atoms with Gasteiger partial charge < -0.3 is 11.1 Å². The molecule has 0 radical (unpaired) electrons. The van der Waals surface area contributed by atoms with Gasteiger partial charge in [0, 0.05) is 6.54 Å². The van der Waals surface area contributed by atoms with Crippen molar-refractivity contribution in [1.29, 1.82) is 0 Å². The summed E-state index contributed by atoms with van der Waals surface area (Å²) in [7, 11) is 0. The first kappa shape index (κ1) is 15.7. The maximum Gasteiger partial charge on any atom is 0.236 e. The van der Waals surface area contributed by atoms with Crippen molar-refractivity contribution in [2.45, 2.75) is 52.5 Å². The van der Waals surface area contributed by atoms with Crippen LogP contribution in [0.1, 0.15) is 46.5 Å². The molecular weight excluding hydrogens is 224 g/mol. The van der Waals surface area contributed by atoms with E-state index < -0.39 is 0 Å². The van der Waals surface area contributed by atoms with E-state index in [2.05, 4.69) is 19.2 Å². The van der Waals surface area contributed by atoms with Gasteiger partial charge in [0.15, 0.2) is 0 Å². The summed E-state index contributed by atoms with van der Waals surface area (Å²) >= 11 is 0.